The smallest absolute Gasteiger partial charge is 0.308 e. The molecule has 3 amide bonds. The summed E-state index contributed by atoms with van der Waals surface area (Å²) in [6.45, 7) is 3.21. The Morgan fingerprint density at radius 3 is 2.52 bits per heavy atom. The van der Waals surface area contributed by atoms with Crippen LogP contribution < -0.4 is 20.3 Å². The third kappa shape index (κ3) is 3.31. The minimum atomic E-state index is -1.39. The molecule has 0 unspecified atom stereocenters. The van der Waals surface area contributed by atoms with Gasteiger partial charge in [-0.05, 0) is 54.8 Å². The maximum atomic E-state index is 14.2. The number of rotatable bonds is 4. The van der Waals surface area contributed by atoms with Gasteiger partial charge in [0.25, 0.3) is 0 Å². The SMILES string of the molecule is CC(=O)Oc1ccc(N2C(=O)[C@H]3[C@@H](C2=O)[C@@]2(N[C@@H]3Cc3c[nH]c4ccccc34)C(=O)Nc3c(C)cccc32)cc1. The van der Waals surface area contributed by atoms with Crippen molar-refractivity contribution in [1.82, 2.24) is 10.3 Å². The number of carbonyl (C=O) groups is 4. The Balaban J connectivity index is 1.34. The zero-order valence-corrected chi connectivity index (χ0v) is 21.9. The van der Waals surface area contributed by atoms with Crippen molar-refractivity contribution >= 4 is 46.0 Å². The van der Waals surface area contributed by atoms with Crippen molar-refractivity contribution in [3.05, 3.63) is 89.6 Å². The molecular weight excluding hydrogens is 508 g/mol. The second-order valence-corrected chi connectivity index (χ2v) is 10.7. The Hall–Kier alpha value is -4.76. The second kappa shape index (κ2) is 8.62. The standard InChI is InChI=1S/C31H26N4O5/c1-16-6-5-8-22-27(16)33-30(39)31(22)26-25(24(34-31)14-18-15-32-23-9-4-3-7-21(18)23)28(37)35(29(26)38)19-10-12-20(13-11-19)40-17(2)36/h3-13,15,24-26,32,34H,14H2,1-2H3,(H,33,39)/t24-,25-,26+,31-/m1/s1. The van der Waals surface area contributed by atoms with Crippen molar-refractivity contribution in [2.45, 2.75) is 31.8 Å². The van der Waals surface area contributed by atoms with E-state index in [4.69, 9.17) is 4.74 Å². The van der Waals surface area contributed by atoms with E-state index in [1.165, 1.54) is 11.8 Å². The van der Waals surface area contributed by atoms with E-state index in [1.54, 1.807) is 24.3 Å². The number of aromatic amines is 1. The minimum Gasteiger partial charge on any atom is -0.427 e. The lowest BCUT2D eigenvalue weighted by atomic mass is 9.76. The number of carbonyl (C=O) groups excluding carboxylic acids is 4. The van der Waals surface area contributed by atoms with Gasteiger partial charge in [0.1, 0.15) is 11.3 Å². The molecule has 4 atom stereocenters. The highest BCUT2D eigenvalue weighted by Crippen LogP contribution is 2.54. The Kier molecular flexibility index (Phi) is 5.24. The van der Waals surface area contributed by atoms with Gasteiger partial charge in [0, 0.05) is 41.3 Å². The molecule has 40 heavy (non-hydrogen) atoms. The topological polar surface area (TPSA) is 121 Å². The summed E-state index contributed by atoms with van der Waals surface area (Å²) in [5.74, 6) is -3.00. The number of anilines is 2. The van der Waals surface area contributed by atoms with Crippen molar-refractivity contribution in [2.75, 3.05) is 10.2 Å². The van der Waals surface area contributed by atoms with Crippen LogP contribution in [0.5, 0.6) is 5.75 Å². The molecule has 3 aliphatic heterocycles. The summed E-state index contributed by atoms with van der Waals surface area (Å²) in [6.07, 6.45) is 2.37. The molecular formula is C31H26N4O5. The van der Waals surface area contributed by atoms with E-state index < -0.39 is 35.3 Å². The highest BCUT2D eigenvalue weighted by atomic mass is 16.5. The van der Waals surface area contributed by atoms with Crippen molar-refractivity contribution in [3.63, 3.8) is 0 Å². The fourth-order valence-corrected chi connectivity index (χ4v) is 6.77. The number of nitrogens with one attached hydrogen (secondary N) is 3. The Morgan fingerprint density at radius 1 is 0.975 bits per heavy atom. The summed E-state index contributed by atoms with van der Waals surface area (Å²) in [7, 11) is 0. The summed E-state index contributed by atoms with van der Waals surface area (Å²) in [4.78, 5) is 58.0. The van der Waals surface area contributed by atoms with Crippen LogP contribution in [0.25, 0.3) is 10.9 Å². The number of hydrogen-bond donors (Lipinski definition) is 3. The normalized spacial score (nSPS) is 25.0. The van der Waals surface area contributed by atoms with Crippen molar-refractivity contribution < 1.29 is 23.9 Å². The number of hydrogen-bond acceptors (Lipinski definition) is 6. The van der Waals surface area contributed by atoms with Crippen LogP contribution in [0.15, 0.2) is 72.9 Å². The number of aryl methyl sites for hydroxylation is 1. The van der Waals surface area contributed by atoms with Crippen LogP contribution in [0, 0.1) is 18.8 Å². The van der Waals surface area contributed by atoms with Crippen LogP contribution >= 0.6 is 0 Å². The van der Waals surface area contributed by atoms with Crippen LogP contribution in [0.3, 0.4) is 0 Å². The number of fused-ring (bicyclic) bond motifs is 5. The molecule has 1 spiro atoms. The molecule has 2 saturated heterocycles. The Morgan fingerprint density at radius 2 is 1.75 bits per heavy atom. The first kappa shape index (κ1) is 24.3. The van der Waals surface area contributed by atoms with Gasteiger partial charge in [-0.25, -0.2) is 4.90 Å². The monoisotopic (exact) mass is 534 g/mol. The molecule has 1 aromatic heterocycles. The molecule has 4 aromatic rings. The molecule has 3 aromatic carbocycles. The van der Waals surface area contributed by atoms with E-state index in [2.05, 4.69) is 15.6 Å². The summed E-state index contributed by atoms with van der Waals surface area (Å²) in [5.41, 5.74) is 3.20. The number of nitrogens with zero attached hydrogens (tertiary/aromatic N) is 1. The van der Waals surface area contributed by atoms with Gasteiger partial charge in [-0.1, -0.05) is 36.4 Å². The first-order valence-corrected chi connectivity index (χ1v) is 13.2. The van der Waals surface area contributed by atoms with Crippen LogP contribution in [-0.2, 0) is 31.1 Å². The lowest BCUT2D eigenvalue weighted by molar-refractivity contribution is -0.132. The van der Waals surface area contributed by atoms with Gasteiger partial charge < -0.3 is 15.0 Å². The third-order valence-corrected chi connectivity index (χ3v) is 8.43. The summed E-state index contributed by atoms with van der Waals surface area (Å²) < 4.78 is 5.12. The van der Waals surface area contributed by atoms with Gasteiger partial charge in [-0.3, -0.25) is 24.5 Å². The van der Waals surface area contributed by atoms with E-state index in [0.717, 1.165) is 22.0 Å². The highest BCUT2D eigenvalue weighted by molar-refractivity contribution is 6.26. The first-order valence-electron chi connectivity index (χ1n) is 13.2. The minimum absolute atomic E-state index is 0.311. The van der Waals surface area contributed by atoms with E-state index in [0.29, 0.717) is 29.1 Å². The molecule has 3 aliphatic rings. The fraction of sp³-hybridized carbons (Fsp3) is 0.226. The highest BCUT2D eigenvalue weighted by Gasteiger charge is 2.70. The summed E-state index contributed by atoms with van der Waals surface area (Å²) in [5, 5.41) is 7.55. The molecule has 4 heterocycles. The summed E-state index contributed by atoms with van der Waals surface area (Å²) >= 11 is 0. The fourth-order valence-electron chi connectivity index (χ4n) is 6.77. The largest absolute Gasteiger partial charge is 0.427 e. The summed E-state index contributed by atoms with van der Waals surface area (Å²) in [6, 6.07) is 19.3. The molecule has 200 valence electrons. The van der Waals surface area contributed by atoms with Gasteiger partial charge in [-0.2, -0.15) is 0 Å². The molecule has 0 aliphatic carbocycles. The predicted octanol–water partition coefficient (Wildman–Crippen LogP) is 3.57. The van der Waals surface area contributed by atoms with Gasteiger partial charge in [0.05, 0.1) is 17.5 Å². The van der Waals surface area contributed by atoms with E-state index in [-0.39, 0.29) is 11.8 Å². The lowest BCUT2D eigenvalue weighted by Gasteiger charge is -2.29. The Bertz CT molecular complexity index is 1740. The van der Waals surface area contributed by atoms with Gasteiger partial charge >= 0.3 is 5.97 Å². The quantitative estimate of drug-likeness (QED) is 0.209. The van der Waals surface area contributed by atoms with Crippen LogP contribution in [0.1, 0.15) is 23.6 Å². The number of benzene rings is 3. The van der Waals surface area contributed by atoms with Crippen molar-refractivity contribution in [3.8, 4) is 5.75 Å². The lowest BCUT2D eigenvalue weighted by Crippen LogP contribution is -2.53. The van der Waals surface area contributed by atoms with E-state index in [1.807, 2.05) is 55.6 Å². The molecule has 3 N–H and O–H groups in total. The number of aromatic nitrogens is 1. The third-order valence-electron chi connectivity index (χ3n) is 8.43. The number of para-hydroxylation sites is 2. The van der Waals surface area contributed by atoms with Crippen molar-refractivity contribution in [2.24, 2.45) is 11.8 Å². The average molecular weight is 535 g/mol. The number of amides is 3. The first-order chi connectivity index (χ1) is 19.3. The number of imide groups is 1. The maximum Gasteiger partial charge on any atom is 0.308 e. The van der Waals surface area contributed by atoms with Crippen LogP contribution in [0.4, 0.5) is 11.4 Å². The molecule has 2 fully saturated rings. The Labute approximate surface area is 229 Å². The number of esters is 1. The van der Waals surface area contributed by atoms with Gasteiger partial charge in [0.15, 0.2) is 0 Å². The molecule has 9 nitrogen and oxygen atoms in total. The second-order valence-electron chi connectivity index (χ2n) is 10.7. The van der Waals surface area contributed by atoms with Crippen LogP contribution in [0.2, 0.25) is 0 Å². The maximum absolute atomic E-state index is 14.2. The molecule has 7 rings (SSSR count). The number of ether oxygens (including phenoxy) is 1. The molecule has 0 radical (unpaired) electrons. The molecule has 0 bridgehead atoms. The van der Waals surface area contributed by atoms with E-state index >= 15 is 0 Å². The van der Waals surface area contributed by atoms with Gasteiger partial charge in [0.2, 0.25) is 17.7 Å². The zero-order chi connectivity index (χ0) is 27.8. The molecule has 0 saturated carbocycles. The van der Waals surface area contributed by atoms with Crippen LogP contribution in [-0.4, -0.2) is 34.7 Å². The number of H-pyrrole nitrogens is 1. The van der Waals surface area contributed by atoms with E-state index in [9.17, 15) is 19.2 Å². The molecule has 9 heteroatoms. The zero-order valence-electron chi connectivity index (χ0n) is 21.9. The van der Waals surface area contributed by atoms with Gasteiger partial charge in [-0.15, -0.1) is 0 Å². The predicted molar refractivity (Wildman–Crippen MR) is 148 cm³/mol. The van der Waals surface area contributed by atoms with Crippen molar-refractivity contribution in [1.29, 1.82) is 0 Å². The average Bonchev–Trinajstić information content (AvgIpc) is 3.64.